The summed E-state index contributed by atoms with van der Waals surface area (Å²) in [5.74, 6) is 0.821. The number of aromatic nitrogens is 2. The summed E-state index contributed by atoms with van der Waals surface area (Å²) in [5.41, 5.74) is 1.38. The minimum Gasteiger partial charge on any atom is -0.354 e. The summed E-state index contributed by atoms with van der Waals surface area (Å²) in [6, 6.07) is 15.4. The highest BCUT2D eigenvalue weighted by Gasteiger charge is 2.32. The predicted octanol–water partition coefficient (Wildman–Crippen LogP) is 5.65. The molecule has 0 amide bonds. The number of benzene rings is 2. The van der Waals surface area contributed by atoms with Crippen LogP contribution in [0.25, 0.3) is 11.3 Å². The molecule has 3 aromatic rings. The van der Waals surface area contributed by atoms with Crippen molar-refractivity contribution < 1.29 is 13.2 Å². The quantitative estimate of drug-likeness (QED) is 0.608. The molecular formula is C20H19F3N4. The van der Waals surface area contributed by atoms with Gasteiger partial charge in [0.2, 0.25) is 5.95 Å². The third-order valence-electron chi connectivity index (χ3n) is 3.95. The van der Waals surface area contributed by atoms with Crippen molar-refractivity contribution in [3.63, 3.8) is 0 Å². The Kier molecular flexibility index (Phi) is 5.30. The standard InChI is InChI=1S/C20H19F3N4/c1-3-24-19-26-17(14-7-5-4-6-8-14)12-18(27-19)25-15-10-9-13(2)16(11-15)20(21,22)23/h4-12H,3H2,1-2H3,(H2,24,25,26,27). The van der Waals surface area contributed by atoms with Crippen LogP contribution in [-0.2, 0) is 6.18 Å². The average Bonchev–Trinajstić information content (AvgIpc) is 2.63. The van der Waals surface area contributed by atoms with Gasteiger partial charge in [0.15, 0.2) is 0 Å². The number of nitrogens with zero attached hydrogens (tertiary/aromatic N) is 2. The van der Waals surface area contributed by atoms with E-state index >= 15 is 0 Å². The van der Waals surface area contributed by atoms with Gasteiger partial charge in [-0.1, -0.05) is 36.4 Å². The molecule has 1 heterocycles. The Labute approximate surface area is 155 Å². The number of halogens is 3. The molecule has 3 rings (SSSR count). The van der Waals surface area contributed by atoms with Crippen molar-refractivity contribution in [3.05, 3.63) is 65.7 Å². The Morgan fingerprint density at radius 3 is 2.37 bits per heavy atom. The summed E-state index contributed by atoms with van der Waals surface area (Å²) in [6.07, 6.45) is -4.41. The van der Waals surface area contributed by atoms with E-state index in [2.05, 4.69) is 20.6 Å². The first-order valence-corrected chi connectivity index (χ1v) is 8.50. The van der Waals surface area contributed by atoms with Gasteiger partial charge in [0.1, 0.15) is 5.82 Å². The topological polar surface area (TPSA) is 49.8 Å². The van der Waals surface area contributed by atoms with E-state index in [9.17, 15) is 13.2 Å². The van der Waals surface area contributed by atoms with Crippen molar-refractivity contribution in [2.75, 3.05) is 17.2 Å². The molecular weight excluding hydrogens is 353 g/mol. The van der Waals surface area contributed by atoms with E-state index < -0.39 is 11.7 Å². The van der Waals surface area contributed by atoms with E-state index in [0.29, 0.717) is 29.7 Å². The lowest BCUT2D eigenvalue weighted by molar-refractivity contribution is -0.138. The van der Waals surface area contributed by atoms with Crippen molar-refractivity contribution in [2.45, 2.75) is 20.0 Å². The smallest absolute Gasteiger partial charge is 0.354 e. The van der Waals surface area contributed by atoms with Crippen LogP contribution in [0.3, 0.4) is 0 Å². The summed E-state index contributed by atoms with van der Waals surface area (Å²) in [5, 5.41) is 6.01. The fraction of sp³-hybridized carbons (Fsp3) is 0.200. The second-order valence-electron chi connectivity index (χ2n) is 6.01. The Morgan fingerprint density at radius 2 is 1.70 bits per heavy atom. The highest BCUT2D eigenvalue weighted by Crippen LogP contribution is 2.34. The van der Waals surface area contributed by atoms with Crippen LogP contribution in [0, 0.1) is 6.92 Å². The molecule has 27 heavy (non-hydrogen) atoms. The molecule has 1 aromatic heterocycles. The van der Waals surface area contributed by atoms with E-state index in [1.165, 1.54) is 13.0 Å². The van der Waals surface area contributed by atoms with Gasteiger partial charge in [-0.25, -0.2) is 4.98 Å². The van der Waals surface area contributed by atoms with Gasteiger partial charge in [0, 0.05) is 23.9 Å². The molecule has 4 nitrogen and oxygen atoms in total. The maximum atomic E-state index is 13.2. The predicted molar refractivity (Wildman–Crippen MR) is 101 cm³/mol. The van der Waals surface area contributed by atoms with Gasteiger partial charge >= 0.3 is 6.18 Å². The van der Waals surface area contributed by atoms with E-state index in [4.69, 9.17) is 0 Å². The zero-order valence-electron chi connectivity index (χ0n) is 14.9. The molecule has 140 valence electrons. The number of hydrogen-bond donors (Lipinski definition) is 2. The van der Waals surface area contributed by atoms with E-state index in [1.54, 1.807) is 12.1 Å². The number of anilines is 3. The van der Waals surface area contributed by atoms with Crippen LogP contribution in [0.5, 0.6) is 0 Å². The van der Waals surface area contributed by atoms with Crippen molar-refractivity contribution in [3.8, 4) is 11.3 Å². The van der Waals surface area contributed by atoms with Gasteiger partial charge in [0.25, 0.3) is 0 Å². The van der Waals surface area contributed by atoms with Gasteiger partial charge in [-0.3, -0.25) is 0 Å². The Morgan fingerprint density at radius 1 is 0.963 bits per heavy atom. The molecule has 0 atom stereocenters. The van der Waals surface area contributed by atoms with Gasteiger partial charge in [-0.15, -0.1) is 0 Å². The molecule has 2 aromatic carbocycles. The SMILES string of the molecule is CCNc1nc(Nc2ccc(C)c(C(F)(F)F)c2)cc(-c2ccccc2)n1. The van der Waals surface area contributed by atoms with Crippen LogP contribution in [0.2, 0.25) is 0 Å². The first kappa shape index (κ1) is 18.7. The number of hydrogen-bond acceptors (Lipinski definition) is 4. The lowest BCUT2D eigenvalue weighted by atomic mass is 10.1. The minimum atomic E-state index is -4.41. The lowest BCUT2D eigenvalue weighted by Gasteiger charge is -2.14. The Hall–Kier alpha value is -3.09. The molecule has 0 saturated heterocycles. The normalized spacial score (nSPS) is 11.3. The van der Waals surface area contributed by atoms with Crippen molar-refractivity contribution >= 4 is 17.5 Å². The third kappa shape index (κ3) is 4.55. The maximum Gasteiger partial charge on any atom is 0.416 e. The van der Waals surface area contributed by atoms with Gasteiger partial charge < -0.3 is 10.6 Å². The molecule has 0 saturated carbocycles. The largest absolute Gasteiger partial charge is 0.416 e. The average molecular weight is 372 g/mol. The molecule has 0 aliphatic heterocycles. The number of rotatable bonds is 5. The van der Waals surface area contributed by atoms with Crippen LogP contribution in [0.15, 0.2) is 54.6 Å². The van der Waals surface area contributed by atoms with Crippen LogP contribution in [-0.4, -0.2) is 16.5 Å². The molecule has 0 bridgehead atoms. The summed E-state index contributed by atoms with van der Waals surface area (Å²) < 4.78 is 39.5. The molecule has 0 aliphatic carbocycles. The lowest BCUT2D eigenvalue weighted by Crippen LogP contribution is -2.09. The fourth-order valence-corrected chi connectivity index (χ4v) is 2.66. The summed E-state index contributed by atoms with van der Waals surface area (Å²) >= 11 is 0. The van der Waals surface area contributed by atoms with E-state index in [1.807, 2.05) is 37.3 Å². The molecule has 0 spiro atoms. The number of nitrogens with one attached hydrogen (secondary N) is 2. The second-order valence-corrected chi connectivity index (χ2v) is 6.01. The maximum absolute atomic E-state index is 13.2. The number of alkyl halides is 3. The van der Waals surface area contributed by atoms with Crippen LogP contribution in [0.1, 0.15) is 18.1 Å². The van der Waals surface area contributed by atoms with Crippen molar-refractivity contribution in [2.24, 2.45) is 0 Å². The number of aryl methyl sites for hydroxylation is 1. The molecule has 0 unspecified atom stereocenters. The summed E-state index contributed by atoms with van der Waals surface area (Å²) in [4.78, 5) is 8.81. The van der Waals surface area contributed by atoms with E-state index in [-0.39, 0.29) is 5.56 Å². The highest BCUT2D eigenvalue weighted by molar-refractivity contribution is 5.67. The molecule has 0 aliphatic rings. The molecule has 2 N–H and O–H groups in total. The fourth-order valence-electron chi connectivity index (χ4n) is 2.66. The molecule has 0 fully saturated rings. The zero-order chi connectivity index (χ0) is 19.4. The molecule has 0 radical (unpaired) electrons. The van der Waals surface area contributed by atoms with E-state index in [0.717, 1.165) is 11.6 Å². The van der Waals surface area contributed by atoms with Crippen molar-refractivity contribution in [1.82, 2.24) is 9.97 Å². The first-order chi connectivity index (χ1) is 12.9. The van der Waals surface area contributed by atoms with Gasteiger partial charge in [-0.2, -0.15) is 18.2 Å². The van der Waals surface area contributed by atoms with Crippen LogP contribution in [0.4, 0.5) is 30.6 Å². The van der Waals surface area contributed by atoms with Gasteiger partial charge in [0.05, 0.1) is 11.3 Å². The monoisotopic (exact) mass is 372 g/mol. The molecule has 7 heteroatoms. The Bertz CT molecular complexity index is 924. The third-order valence-corrected chi connectivity index (χ3v) is 3.95. The minimum absolute atomic E-state index is 0.175. The first-order valence-electron chi connectivity index (χ1n) is 8.50. The second kappa shape index (κ2) is 7.65. The van der Waals surface area contributed by atoms with Crippen molar-refractivity contribution in [1.29, 1.82) is 0 Å². The van der Waals surface area contributed by atoms with Gasteiger partial charge in [-0.05, 0) is 31.5 Å². The van der Waals surface area contributed by atoms with Crippen LogP contribution >= 0.6 is 0 Å². The zero-order valence-corrected chi connectivity index (χ0v) is 14.9. The summed E-state index contributed by atoms with van der Waals surface area (Å²) in [6.45, 7) is 3.98. The summed E-state index contributed by atoms with van der Waals surface area (Å²) in [7, 11) is 0. The van der Waals surface area contributed by atoms with Crippen LogP contribution < -0.4 is 10.6 Å². The Balaban J connectivity index is 1.98. The highest BCUT2D eigenvalue weighted by atomic mass is 19.4.